The zero-order valence-corrected chi connectivity index (χ0v) is 12.6. The van der Waals surface area contributed by atoms with Crippen molar-refractivity contribution >= 4 is 11.8 Å². The Hall–Kier alpha value is -2.69. The maximum absolute atomic E-state index is 9.17. The summed E-state index contributed by atoms with van der Waals surface area (Å²) in [6, 6.07) is 2.09. The maximum Gasteiger partial charge on any atom is 0.265 e. The fraction of sp³-hybridized carbons (Fsp3) is 0.500. The van der Waals surface area contributed by atoms with Crippen LogP contribution in [0.25, 0.3) is 0 Å². The minimum Gasteiger partial charge on any atom is -0.353 e. The van der Waals surface area contributed by atoms with Crippen LogP contribution in [0.3, 0.4) is 0 Å². The quantitative estimate of drug-likeness (QED) is 0.833. The molecule has 1 unspecified atom stereocenters. The average molecular weight is 299 g/mol. The van der Waals surface area contributed by atoms with Gasteiger partial charge in [0, 0.05) is 39.6 Å². The van der Waals surface area contributed by atoms with Crippen molar-refractivity contribution in [3.8, 4) is 6.07 Å². The van der Waals surface area contributed by atoms with Gasteiger partial charge in [0.1, 0.15) is 6.07 Å². The van der Waals surface area contributed by atoms with Crippen molar-refractivity contribution in [2.24, 2.45) is 0 Å². The highest BCUT2D eigenvalue weighted by Crippen LogP contribution is 2.29. The van der Waals surface area contributed by atoms with Crippen molar-refractivity contribution in [1.82, 2.24) is 20.1 Å². The Kier molecular flexibility index (Phi) is 3.87. The van der Waals surface area contributed by atoms with E-state index in [9.17, 15) is 5.26 Å². The predicted octanol–water partition coefficient (Wildman–Crippen LogP) is 1.18. The lowest BCUT2D eigenvalue weighted by Gasteiger charge is -2.31. The van der Waals surface area contributed by atoms with E-state index in [0.29, 0.717) is 29.9 Å². The van der Waals surface area contributed by atoms with E-state index in [1.54, 1.807) is 6.20 Å². The fourth-order valence-corrected chi connectivity index (χ4v) is 2.59. The summed E-state index contributed by atoms with van der Waals surface area (Å²) in [7, 11) is 3.75. The van der Waals surface area contributed by atoms with Crippen LogP contribution in [0, 0.1) is 11.3 Å². The molecule has 0 aromatic carbocycles. The van der Waals surface area contributed by atoms with Crippen molar-refractivity contribution in [2.45, 2.75) is 18.8 Å². The second kappa shape index (κ2) is 5.97. The number of hydrogen-bond acceptors (Lipinski definition) is 8. The summed E-state index contributed by atoms with van der Waals surface area (Å²) >= 11 is 0. The smallest absolute Gasteiger partial charge is 0.265 e. The summed E-state index contributed by atoms with van der Waals surface area (Å²) in [6.45, 7) is 1.54. The first kappa shape index (κ1) is 14.3. The Morgan fingerprint density at radius 1 is 1.36 bits per heavy atom. The average Bonchev–Trinajstić information content (AvgIpc) is 3.05. The summed E-state index contributed by atoms with van der Waals surface area (Å²) < 4.78 is 5.38. The third kappa shape index (κ3) is 2.70. The zero-order valence-electron chi connectivity index (χ0n) is 12.6. The molecule has 1 aliphatic heterocycles. The molecule has 22 heavy (non-hydrogen) atoms. The van der Waals surface area contributed by atoms with E-state index < -0.39 is 0 Å². The van der Waals surface area contributed by atoms with Crippen molar-refractivity contribution < 1.29 is 4.52 Å². The van der Waals surface area contributed by atoms with E-state index in [1.807, 2.05) is 19.0 Å². The first-order valence-corrected chi connectivity index (χ1v) is 7.16. The van der Waals surface area contributed by atoms with E-state index in [-0.39, 0.29) is 5.92 Å². The van der Waals surface area contributed by atoms with Gasteiger partial charge in [-0.2, -0.15) is 10.2 Å². The molecule has 0 N–H and O–H groups in total. The van der Waals surface area contributed by atoms with Gasteiger partial charge >= 0.3 is 0 Å². The van der Waals surface area contributed by atoms with Gasteiger partial charge in [-0.3, -0.25) is 0 Å². The van der Waals surface area contributed by atoms with Gasteiger partial charge in [0.25, 0.3) is 5.95 Å². The molecule has 1 saturated heterocycles. The summed E-state index contributed by atoms with van der Waals surface area (Å²) in [4.78, 5) is 16.7. The van der Waals surface area contributed by atoms with Crippen LogP contribution in [0.15, 0.2) is 16.9 Å². The molecule has 0 radical (unpaired) electrons. The number of aromatic nitrogens is 4. The molecule has 0 spiro atoms. The van der Waals surface area contributed by atoms with Crippen LogP contribution in [-0.4, -0.2) is 47.3 Å². The molecule has 8 heteroatoms. The summed E-state index contributed by atoms with van der Waals surface area (Å²) in [5.74, 6) is 1.98. The molecular weight excluding hydrogens is 282 g/mol. The molecule has 3 heterocycles. The lowest BCUT2D eigenvalue weighted by atomic mass is 9.98. The fourth-order valence-electron chi connectivity index (χ4n) is 2.59. The van der Waals surface area contributed by atoms with Gasteiger partial charge in [-0.05, 0) is 18.0 Å². The Morgan fingerprint density at radius 2 is 2.18 bits per heavy atom. The largest absolute Gasteiger partial charge is 0.353 e. The molecular formula is C14H17N7O. The Morgan fingerprint density at radius 3 is 2.91 bits per heavy atom. The van der Waals surface area contributed by atoms with Gasteiger partial charge in [-0.1, -0.05) is 0 Å². The van der Waals surface area contributed by atoms with Gasteiger partial charge in [-0.15, -0.1) is 0 Å². The highest BCUT2D eigenvalue weighted by Gasteiger charge is 2.28. The molecule has 114 valence electrons. The van der Waals surface area contributed by atoms with Gasteiger partial charge in [0.15, 0.2) is 11.5 Å². The topological polar surface area (TPSA) is 95.0 Å². The third-order valence-electron chi connectivity index (χ3n) is 3.69. The predicted molar refractivity (Wildman–Crippen MR) is 79.6 cm³/mol. The van der Waals surface area contributed by atoms with E-state index in [2.05, 4.69) is 31.1 Å². The highest BCUT2D eigenvalue weighted by molar-refractivity contribution is 5.50. The van der Waals surface area contributed by atoms with Crippen molar-refractivity contribution in [3.05, 3.63) is 24.0 Å². The number of nitriles is 1. The van der Waals surface area contributed by atoms with Gasteiger partial charge in [0.2, 0.25) is 5.89 Å². The minimum absolute atomic E-state index is 0.142. The molecule has 0 bridgehead atoms. The second-order valence-electron chi connectivity index (χ2n) is 5.45. The van der Waals surface area contributed by atoms with Gasteiger partial charge in [-0.25, -0.2) is 9.97 Å². The molecule has 8 nitrogen and oxygen atoms in total. The molecule has 0 amide bonds. The molecule has 0 aliphatic carbocycles. The number of hydrogen-bond donors (Lipinski definition) is 0. The number of anilines is 2. The van der Waals surface area contributed by atoms with E-state index in [1.165, 1.54) is 6.20 Å². The molecule has 1 atom stereocenters. The van der Waals surface area contributed by atoms with Crippen LogP contribution < -0.4 is 9.80 Å². The SMILES string of the molecule is CN(C)c1noc(C2CCCN(c3nccnc3C#N)C2)n1. The van der Waals surface area contributed by atoms with Crippen LogP contribution in [0.5, 0.6) is 0 Å². The molecule has 2 aromatic rings. The molecule has 2 aromatic heterocycles. The standard InChI is InChI=1S/C14H17N7O/c1-20(2)14-18-13(22-19-14)10-4-3-7-21(9-10)12-11(8-15)16-5-6-17-12/h5-6,10H,3-4,7,9H2,1-2H3. The van der Waals surface area contributed by atoms with E-state index in [4.69, 9.17) is 4.52 Å². The monoisotopic (exact) mass is 299 g/mol. The van der Waals surface area contributed by atoms with Crippen LogP contribution in [0.4, 0.5) is 11.8 Å². The Bertz CT molecular complexity index is 690. The Labute approximate surface area is 128 Å². The first-order valence-electron chi connectivity index (χ1n) is 7.16. The number of nitrogens with zero attached hydrogens (tertiary/aromatic N) is 7. The second-order valence-corrected chi connectivity index (χ2v) is 5.45. The van der Waals surface area contributed by atoms with Crippen LogP contribution in [-0.2, 0) is 0 Å². The van der Waals surface area contributed by atoms with Gasteiger partial charge in [0.05, 0.1) is 5.92 Å². The number of rotatable bonds is 3. The lowest BCUT2D eigenvalue weighted by Crippen LogP contribution is -2.35. The summed E-state index contributed by atoms with van der Waals surface area (Å²) in [5.41, 5.74) is 0.350. The van der Waals surface area contributed by atoms with E-state index in [0.717, 1.165) is 19.4 Å². The molecule has 1 aliphatic rings. The number of piperidine rings is 1. The summed E-state index contributed by atoms with van der Waals surface area (Å²) in [6.07, 6.45) is 5.10. The third-order valence-corrected chi connectivity index (χ3v) is 3.69. The zero-order chi connectivity index (χ0) is 15.5. The van der Waals surface area contributed by atoms with Crippen LogP contribution in [0.2, 0.25) is 0 Å². The lowest BCUT2D eigenvalue weighted by molar-refractivity contribution is 0.332. The van der Waals surface area contributed by atoms with Crippen molar-refractivity contribution in [2.75, 3.05) is 37.0 Å². The highest BCUT2D eigenvalue weighted by atomic mass is 16.5. The van der Waals surface area contributed by atoms with Crippen molar-refractivity contribution in [1.29, 1.82) is 5.26 Å². The summed E-state index contributed by atoms with van der Waals surface area (Å²) in [5, 5.41) is 13.1. The maximum atomic E-state index is 9.17. The molecule has 3 rings (SSSR count). The minimum atomic E-state index is 0.142. The van der Waals surface area contributed by atoms with Gasteiger partial charge < -0.3 is 14.3 Å². The molecule has 0 saturated carbocycles. The van der Waals surface area contributed by atoms with Crippen molar-refractivity contribution in [3.63, 3.8) is 0 Å². The first-order chi connectivity index (χ1) is 10.7. The molecule has 1 fully saturated rings. The van der Waals surface area contributed by atoms with Crippen LogP contribution >= 0.6 is 0 Å². The normalized spacial score (nSPS) is 18.0. The van der Waals surface area contributed by atoms with E-state index >= 15 is 0 Å². The Balaban J connectivity index is 1.80. The van der Waals surface area contributed by atoms with Crippen LogP contribution in [0.1, 0.15) is 30.3 Å².